The summed E-state index contributed by atoms with van der Waals surface area (Å²) in [4.78, 5) is 12.1. The molecular formula is C13H24N2O. The monoisotopic (exact) mass is 224 g/mol. The van der Waals surface area contributed by atoms with Gasteiger partial charge in [-0.1, -0.05) is 19.8 Å². The molecule has 2 fully saturated rings. The summed E-state index contributed by atoms with van der Waals surface area (Å²) in [6.45, 7) is 2.22. The van der Waals surface area contributed by atoms with Gasteiger partial charge in [-0.3, -0.25) is 4.79 Å². The van der Waals surface area contributed by atoms with Gasteiger partial charge in [0.2, 0.25) is 5.91 Å². The zero-order valence-corrected chi connectivity index (χ0v) is 10.2. The van der Waals surface area contributed by atoms with Gasteiger partial charge in [-0.05, 0) is 38.0 Å². The molecule has 2 rings (SSSR count). The van der Waals surface area contributed by atoms with E-state index in [2.05, 4.69) is 12.2 Å². The molecule has 16 heavy (non-hydrogen) atoms. The summed E-state index contributed by atoms with van der Waals surface area (Å²) in [6, 6.07) is 0.509. The van der Waals surface area contributed by atoms with Crippen LogP contribution in [0.5, 0.6) is 0 Å². The van der Waals surface area contributed by atoms with Crippen molar-refractivity contribution in [3.05, 3.63) is 0 Å². The van der Waals surface area contributed by atoms with Crippen molar-refractivity contribution in [2.24, 2.45) is 17.6 Å². The standard InChI is InChI=1S/C13H24N2O/c1-9-6-7-12(14)11(8-9)13(16)15-10-4-2-3-5-10/h9-12H,2-8,14H2,1H3,(H,15,16). The van der Waals surface area contributed by atoms with Crippen LogP contribution in [0.1, 0.15) is 51.9 Å². The van der Waals surface area contributed by atoms with E-state index in [1.807, 2.05) is 0 Å². The number of rotatable bonds is 2. The smallest absolute Gasteiger partial charge is 0.224 e. The van der Waals surface area contributed by atoms with Gasteiger partial charge in [0.1, 0.15) is 0 Å². The van der Waals surface area contributed by atoms with Crippen molar-refractivity contribution in [3.8, 4) is 0 Å². The Balaban J connectivity index is 1.86. The first kappa shape index (κ1) is 11.9. The molecule has 0 bridgehead atoms. The third-order valence-corrected chi connectivity index (χ3v) is 4.20. The normalized spacial score (nSPS) is 36.2. The zero-order valence-electron chi connectivity index (χ0n) is 10.2. The van der Waals surface area contributed by atoms with Crippen molar-refractivity contribution in [1.29, 1.82) is 0 Å². The van der Waals surface area contributed by atoms with Gasteiger partial charge < -0.3 is 11.1 Å². The Labute approximate surface area is 98.2 Å². The van der Waals surface area contributed by atoms with Crippen molar-refractivity contribution in [1.82, 2.24) is 5.32 Å². The van der Waals surface area contributed by atoms with Crippen LogP contribution in [0.15, 0.2) is 0 Å². The summed E-state index contributed by atoms with van der Waals surface area (Å²) in [5.74, 6) is 0.925. The molecule has 3 N–H and O–H groups in total. The van der Waals surface area contributed by atoms with E-state index < -0.39 is 0 Å². The molecule has 3 atom stereocenters. The topological polar surface area (TPSA) is 55.1 Å². The van der Waals surface area contributed by atoms with E-state index in [-0.39, 0.29) is 17.9 Å². The van der Waals surface area contributed by atoms with Gasteiger partial charge in [-0.25, -0.2) is 0 Å². The lowest BCUT2D eigenvalue weighted by Crippen LogP contribution is -2.47. The molecule has 0 aromatic rings. The number of amides is 1. The lowest BCUT2D eigenvalue weighted by molar-refractivity contribution is -0.127. The maximum absolute atomic E-state index is 12.1. The summed E-state index contributed by atoms with van der Waals surface area (Å²) in [7, 11) is 0. The van der Waals surface area contributed by atoms with Crippen LogP contribution >= 0.6 is 0 Å². The number of carbonyl (C=O) groups excluding carboxylic acids is 1. The number of hydrogen-bond donors (Lipinski definition) is 2. The van der Waals surface area contributed by atoms with E-state index in [9.17, 15) is 4.79 Å². The van der Waals surface area contributed by atoms with Crippen LogP contribution < -0.4 is 11.1 Å². The summed E-state index contributed by atoms with van der Waals surface area (Å²) < 4.78 is 0. The Hall–Kier alpha value is -0.570. The average Bonchev–Trinajstić information content (AvgIpc) is 2.74. The SMILES string of the molecule is CC1CCC(N)C(C(=O)NC2CCCC2)C1. The molecule has 3 unspecified atom stereocenters. The van der Waals surface area contributed by atoms with Crippen molar-refractivity contribution in [2.75, 3.05) is 0 Å². The van der Waals surface area contributed by atoms with Gasteiger partial charge in [0.25, 0.3) is 0 Å². The van der Waals surface area contributed by atoms with E-state index in [1.54, 1.807) is 0 Å². The molecule has 0 spiro atoms. The molecule has 0 heterocycles. The fraction of sp³-hybridized carbons (Fsp3) is 0.923. The van der Waals surface area contributed by atoms with Crippen molar-refractivity contribution < 1.29 is 4.79 Å². The third kappa shape index (κ3) is 2.76. The van der Waals surface area contributed by atoms with Crippen molar-refractivity contribution in [3.63, 3.8) is 0 Å². The fourth-order valence-corrected chi connectivity index (χ4v) is 3.08. The minimum Gasteiger partial charge on any atom is -0.353 e. The lowest BCUT2D eigenvalue weighted by Gasteiger charge is -2.32. The van der Waals surface area contributed by atoms with Gasteiger partial charge in [0.05, 0.1) is 5.92 Å². The van der Waals surface area contributed by atoms with Gasteiger partial charge in [-0.2, -0.15) is 0 Å². The largest absolute Gasteiger partial charge is 0.353 e. The molecule has 2 aliphatic carbocycles. The average molecular weight is 224 g/mol. The molecule has 0 saturated heterocycles. The highest BCUT2D eigenvalue weighted by molar-refractivity contribution is 5.79. The van der Waals surface area contributed by atoms with E-state index in [4.69, 9.17) is 5.73 Å². The molecular weight excluding hydrogens is 200 g/mol. The number of carbonyl (C=O) groups is 1. The Morgan fingerprint density at radius 1 is 1.19 bits per heavy atom. The predicted molar refractivity (Wildman–Crippen MR) is 64.9 cm³/mol. The summed E-state index contributed by atoms with van der Waals surface area (Å²) in [5, 5.41) is 3.18. The van der Waals surface area contributed by atoms with Crippen LogP contribution in [0.4, 0.5) is 0 Å². The maximum Gasteiger partial charge on any atom is 0.224 e. The quantitative estimate of drug-likeness (QED) is 0.751. The maximum atomic E-state index is 12.1. The molecule has 3 nitrogen and oxygen atoms in total. The van der Waals surface area contributed by atoms with E-state index in [0.29, 0.717) is 12.0 Å². The second-order valence-corrected chi connectivity index (χ2v) is 5.68. The van der Waals surface area contributed by atoms with Crippen LogP contribution in [-0.4, -0.2) is 18.0 Å². The van der Waals surface area contributed by atoms with Gasteiger partial charge in [0.15, 0.2) is 0 Å². The van der Waals surface area contributed by atoms with Crippen molar-refractivity contribution in [2.45, 2.75) is 64.0 Å². The lowest BCUT2D eigenvalue weighted by atomic mass is 9.78. The van der Waals surface area contributed by atoms with E-state index >= 15 is 0 Å². The van der Waals surface area contributed by atoms with E-state index in [1.165, 1.54) is 19.3 Å². The first-order valence-corrected chi connectivity index (χ1v) is 6.72. The zero-order chi connectivity index (χ0) is 11.5. The highest BCUT2D eigenvalue weighted by Crippen LogP contribution is 2.28. The van der Waals surface area contributed by atoms with Crippen molar-refractivity contribution >= 4 is 5.91 Å². The molecule has 3 heteroatoms. The number of hydrogen-bond acceptors (Lipinski definition) is 2. The minimum atomic E-state index is 0.0596. The van der Waals surface area contributed by atoms with E-state index in [0.717, 1.165) is 25.7 Å². The third-order valence-electron chi connectivity index (χ3n) is 4.20. The highest BCUT2D eigenvalue weighted by Gasteiger charge is 2.32. The fourth-order valence-electron chi connectivity index (χ4n) is 3.08. The minimum absolute atomic E-state index is 0.0596. The van der Waals surface area contributed by atoms with Crippen LogP contribution in [0.25, 0.3) is 0 Å². The first-order chi connectivity index (χ1) is 7.66. The summed E-state index contributed by atoms with van der Waals surface area (Å²) >= 11 is 0. The predicted octanol–water partition coefficient (Wildman–Crippen LogP) is 1.81. The van der Waals surface area contributed by atoms with Gasteiger partial charge in [0, 0.05) is 12.1 Å². The second-order valence-electron chi connectivity index (χ2n) is 5.68. The van der Waals surface area contributed by atoms with Crippen LogP contribution in [-0.2, 0) is 4.79 Å². The Morgan fingerprint density at radius 2 is 1.88 bits per heavy atom. The summed E-state index contributed by atoms with van der Waals surface area (Å²) in [6.07, 6.45) is 7.99. The molecule has 2 aliphatic rings. The Morgan fingerprint density at radius 3 is 2.56 bits per heavy atom. The van der Waals surface area contributed by atoms with Gasteiger partial charge in [-0.15, -0.1) is 0 Å². The molecule has 0 radical (unpaired) electrons. The van der Waals surface area contributed by atoms with Crippen LogP contribution in [0, 0.1) is 11.8 Å². The first-order valence-electron chi connectivity index (χ1n) is 6.72. The Bertz CT molecular complexity index is 248. The highest BCUT2D eigenvalue weighted by atomic mass is 16.2. The van der Waals surface area contributed by atoms with Crippen LogP contribution in [0.2, 0.25) is 0 Å². The summed E-state index contributed by atoms with van der Waals surface area (Å²) in [5.41, 5.74) is 6.06. The molecule has 2 saturated carbocycles. The molecule has 92 valence electrons. The number of nitrogens with one attached hydrogen (secondary N) is 1. The number of nitrogens with two attached hydrogens (primary N) is 1. The molecule has 0 aromatic heterocycles. The molecule has 1 amide bonds. The second kappa shape index (κ2) is 5.17. The molecule has 0 aromatic carbocycles. The Kier molecular flexibility index (Phi) is 3.85. The van der Waals surface area contributed by atoms with Gasteiger partial charge >= 0.3 is 0 Å². The molecule has 0 aliphatic heterocycles. The van der Waals surface area contributed by atoms with Crippen LogP contribution in [0.3, 0.4) is 0 Å².